The van der Waals surface area contributed by atoms with E-state index < -0.39 is 11.6 Å². The van der Waals surface area contributed by atoms with E-state index in [1.165, 1.54) is 15.5 Å². The third kappa shape index (κ3) is 3.29. The molecule has 33 heavy (non-hydrogen) atoms. The summed E-state index contributed by atoms with van der Waals surface area (Å²) in [5.74, 6) is 0.585. The van der Waals surface area contributed by atoms with Gasteiger partial charge in [-0.25, -0.2) is 9.67 Å². The Balaban J connectivity index is 1.71. The molecular formula is C22H22N8O3. The van der Waals surface area contributed by atoms with Crippen molar-refractivity contribution in [1.29, 1.82) is 0 Å². The zero-order chi connectivity index (χ0) is 23.2. The summed E-state index contributed by atoms with van der Waals surface area (Å²) in [4.78, 5) is 22.5. The summed E-state index contributed by atoms with van der Waals surface area (Å²) < 4.78 is 8.34. The second-order valence-corrected chi connectivity index (χ2v) is 7.91. The first-order chi connectivity index (χ1) is 15.9. The summed E-state index contributed by atoms with van der Waals surface area (Å²) in [7, 11) is 0. The largest absolute Gasteiger partial charge is 0.461 e. The van der Waals surface area contributed by atoms with E-state index in [9.17, 15) is 9.90 Å². The number of hydrogen-bond acceptors (Lipinski definition) is 8. The number of aromatic nitrogens is 6. The first-order valence-corrected chi connectivity index (χ1v) is 10.4. The normalized spacial score (nSPS) is 14.4. The molecule has 5 rings (SSSR count). The van der Waals surface area contributed by atoms with Crippen LogP contribution in [-0.4, -0.2) is 53.0 Å². The number of aliphatic hydroxyl groups excluding tert-OH is 1. The van der Waals surface area contributed by atoms with Crippen LogP contribution >= 0.6 is 0 Å². The number of nitrogens with one attached hydrogen (secondary N) is 1. The van der Waals surface area contributed by atoms with Crippen LogP contribution in [0.15, 0.2) is 59.3 Å². The third-order valence-corrected chi connectivity index (χ3v) is 5.53. The van der Waals surface area contributed by atoms with Crippen molar-refractivity contribution in [3.63, 3.8) is 0 Å². The number of carbonyl (C=O) groups excluding carboxylic acids is 1. The monoisotopic (exact) mass is 446 g/mol. The lowest BCUT2D eigenvalue weighted by atomic mass is 9.91. The summed E-state index contributed by atoms with van der Waals surface area (Å²) >= 11 is 0. The van der Waals surface area contributed by atoms with Crippen LogP contribution in [0.2, 0.25) is 0 Å². The Bertz CT molecular complexity index is 1440. The molecule has 0 fully saturated rings. The topological polar surface area (TPSA) is 149 Å². The van der Waals surface area contributed by atoms with Crippen LogP contribution in [0.5, 0.6) is 0 Å². The van der Waals surface area contributed by atoms with Gasteiger partial charge in [0.1, 0.15) is 0 Å². The molecule has 2 atom stereocenters. The zero-order valence-electron chi connectivity index (χ0n) is 18.0. The Morgan fingerprint density at radius 1 is 1.21 bits per heavy atom. The molecule has 4 heterocycles. The fraction of sp³-hybridized carbons (Fsp3) is 0.227. The molecule has 4 aromatic heterocycles. The standard InChI is InChI=1S/C22H22N8O3/c1-13(31)11-24-20(32)22(2,14-7-4-3-5-8-14)30-19-15(12-25-30)18-26-17(16-9-6-10-33-16)28-29(18)21(23)27-19/h3-10,12-13,31H,11H2,1-2H3,(H2,23,27)(H,24,32)/t13?,22-/m1/s1. The van der Waals surface area contributed by atoms with Crippen molar-refractivity contribution in [2.45, 2.75) is 25.5 Å². The Morgan fingerprint density at radius 3 is 2.70 bits per heavy atom. The van der Waals surface area contributed by atoms with Gasteiger partial charge in [-0.2, -0.15) is 14.6 Å². The summed E-state index contributed by atoms with van der Waals surface area (Å²) in [5, 5.41) is 22.0. The van der Waals surface area contributed by atoms with Gasteiger partial charge < -0.3 is 20.6 Å². The fourth-order valence-corrected chi connectivity index (χ4v) is 3.77. The molecule has 0 radical (unpaired) electrons. The summed E-state index contributed by atoms with van der Waals surface area (Å²) in [6.45, 7) is 3.44. The van der Waals surface area contributed by atoms with E-state index in [-0.39, 0.29) is 18.4 Å². The highest BCUT2D eigenvalue weighted by molar-refractivity contribution is 5.94. The number of rotatable bonds is 6. The maximum atomic E-state index is 13.4. The summed E-state index contributed by atoms with van der Waals surface area (Å²) in [5.41, 5.74) is 6.44. The minimum Gasteiger partial charge on any atom is -0.461 e. The van der Waals surface area contributed by atoms with E-state index in [4.69, 9.17) is 10.2 Å². The lowest BCUT2D eigenvalue weighted by Crippen LogP contribution is -2.49. The average molecular weight is 446 g/mol. The van der Waals surface area contributed by atoms with Crippen LogP contribution in [-0.2, 0) is 10.3 Å². The molecule has 0 saturated carbocycles. The molecule has 0 bridgehead atoms. The van der Waals surface area contributed by atoms with Crippen molar-refractivity contribution < 1.29 is 14.3 Å². The lowest BCUT2D eigenvalue weighted by molar-refractivity contribution is -0.128. The number of nitrogen functional groups attached to an aromatic ring is 1. The number of benzene rings is 1. The van der Waals surface area contributed by atoms with E-state index in [2.05, 4.69) is 25.5 Å². The van der Waals surface area contributed by atoms with Gasteiger partial charge in [-0.15, -0.1) is 5.10 Å². The van der Waals surface area contributed by atoms with Gasteiger partial charge in [0, 0.05) is 6.54 Å². The van der Waals surface area contributed by atoms with Crippen LogP contribution in [0, 0.1) is 0 Å². The van der Waals surface area contributed by atoms with Crippen LogP contribution in [0.4, 0.5) is 5.95 Å². The molecule has 0 aliphatic carbocycles. The van der Waals surface area contributed by atoms with E-state index in [0.29, 0.717) is 33.8 Å². The third-order valence-electron chi connectivity index (χ3n) is 5.53. The number of hydrogen-bond donors (Lipinski definition) is 3. The quantitative estimate of drug-likeness (QED) is 0.356. The maximum absolute atomic E-state index is 13.4. The molecule has 1 amide bonds. The first-order valence-electron chi connectivity index (χ1n) is 10.4. The van der Waals surface area contributed by atoms with Gasteiger partial charge in [0.05, 0.1) is 24.0 Å². The van der Waals surface area contributed by atoms with Crippen molar-refractivity contribution in [3.05, 3.63) is 60.5 Å². The maximum Gasteiger partial charge on any atom is 0.252 e. The number of carbonyl (C=O) groups is 1. The highest BCUT2D eigenvalue weighted by Gasteiger charge is 2.40. The van der Waals surface area contributed by atoms with Gasteiger partial charge in [-0.05, 0) is 31.5 Å². The van der Waals surface area contributed by atoms with Crippen molar-refractivity contribution in [1.82, 2.24) is 34.7 Å². The predicted octanol–water partition coefficient (Wildman–Crippen LogP) is 1.58. The van der Waals surface area contributed by atoms with Crippen LogP contribution in [0.1, 0.15) is 19.4 Å². The fourth-order valence-electron chi connectivity index (χ4n) is 3.77. The van der Waals surface area contributed by atoms with Crippen LogP contribution in [0.3, 0.4) is 0 Å². The van der Waals surface area contributed by atoms with E-state index in [1.807, 2.05) is 30.3 Å². The highest BCUT2D eigenvalue weighted by atomic mass is 16.3. The SMILES string of the molecule is CC(O)CNC(=O)[C@@](C)(c1ccccc1)n1ncc2c1nc(N)n1nc(-c3ccco3)nc21. The number of amides is 1. The molecule has 1 aromatic carbocycles. The molecule has 1 unspecified atom stereocenters. The highest BCUT2D eigenvalue weighted by Crippen LogP contribution is 2.31. The van der Waals surface area contributed by atoms with Gasteiger partial charge in [0.2, 0.25) is 11.8 Å². The van der Waals surface area contributed by atoms with Crippen molar-refractivity contribution in [2.75, 3.05) is 12.3 Å². The minimum absolute atomic E-state index is 0.0874. The van der Waals surface area contributed by atoms with Gasteiger partial charge in [-0.1, -0.05) is 30.3 Å². The molecule has 0 saturated heterocycles. The van der Waals surface area contributed by atoms with Crippen molar-refractivity contribution >= 4 is 28.5 Å². The lowest BCUT2D eigenvalue weighted by Gasteiger charge is -2.30. The molecule has 168 valence electrons. The van der Waals surface area contributed by atoms with E-state index in [0.717, 1.165) is 0 Å². The molecule has 4 N–H and O–H groups in total. The van der Waals surface area contributed by atoms with Crippen molar-refractivity contribution in [3.8, 4) is 11.6 Å². The van der Waals surface area contributed by atoms with Gasteiger partial charge in [-0.3, -0.25) is 4.79 Å². The Morgan fingerprint density at radius 2 is 2.00 bits per heavy atom. The number of furan rings is 1. The summed E-state index contributed by atoms with van der Waals surface area (Å²) in [6, 6.07) is 12.7. The average Bonchev–Trinajstić information content (AvgIpc) is 3.56. The van der Waals surface area contributed by atoms with Crippen LogP contribution < -0.4 is 11.1 Å². The second-order valence-electron chi connectivity index (χ2n) is 7.91. The van der Waals surface area contributed by atoms with Gasteiger partial charge >= 0.3 is 0 Å². The Labute approximate surface area is 187 Å². The molecule has 0 aliphatic heterocycles. The minimum atomic E-state index is -1.28. The van der Waals surface area contributed by atoms with E-state index in [1.54, 1.807) is 32.2 Å². The molecule has 5 aromatic rings. The number of fused-ring (bicyclic) bond motifs is 3. The van der Waals surface area contributed by atoms with Gasteiger partial charge in [0.25, 0.3) is 5.91 Å². The second kappa shape index (κ2) is 7.71. The molecular weight excluding hydrogens is 424 g/mol. The Kier molecular flexibility index (Phi) is 4.82. The zero-order valence-corrected chi connectivity index (χ0v) is 18.0. The molecule has 0 spiro atoms. The number of aliphatic hydroxyl groups is 1. The van der Waals surface area contributed by atoms with Crippen molar-refractivity contribution in [2.24, 2.45) is 0 Å². The first kappa shape index (κ1) is 20.6. The summed E-state index contributed by atoms with van der Waals surface area (Å²) in [6.07, 6.45) is 2.42. The van der Waals surface area contributed by atoms with Gasteiger partial charge in [0.15, 0.2) is 22.6 Å². The number of nitrogens with two attached hydrogens (primary N) is 1. The van der Waals surface area contributed by atoms with Crippen LogP contribution in [0.25, 0.3) is 28.3 Å². The Hall–Kier alpha value is -4.25. The molecule has 11 heteroatoms. The molecule has 0 aliphatic rings. The van der Waals surface area contributed by atoms with E-state index >= 15 is 0 Å². The number of nitrogens with zero attached hydrogens (tertiary/aromatic N) is 6. The number of anilines is 1. The molecule has 11 nitrogen and oxygen atoms in total. The predicted molar refractivity (Wildman–Crippen MR) is 120 cm³/mol. The smallest absolute Gasteiger partial charge is 0.252 e.